The summed E-state index contributed by atoms with van der Waals surface area (Å²) in [5.41, 5.74) is 1.35. The van der Waals surface area contributed by atoms with Gasteiger partial charge in [0.1, 0.15) is 5.69 Å². The van der Waals surface area contributed by atoms with Gasteiger partial charge in [-0.1, -0.05) is 6.92 Å². The van der Waals surface area contributed by atoms with E-state index >= 15 is 0 Å². The Morgan fingerprint density at radius 1 is 1.30 bits per heavy atom. The zero-order chi connectivity index (χ0) is 19.4. The SMILES string of the molecule is CSc1ccc(NC(=O)c2ccc(N3CCC(C)CC3)c([N+](=O)[O-])c2)cn1. The third-order valence-corrected chi connectivity index (χ3v) is 5.42. The quantitative estimate of drug-likeness (QED) is 0.471. The molecular weight excluding hydrogens is 364 g/mol. The van der Waals surface area contributed by atoms with Crippen molar-refractivity contribution in [3.8, 4) is 0 Å². The van der Waals surface area contributed by atoms with E-state index in [1.807, 2.05) is 17.2 Å². The number of hydrogen-bond donors (Lipinski definition) is 1. The highest BCUT2D eigenvalue weighted by Crippen LogP contribution is 2.32. The third kappa shape index (κ3) is 4.57. The molecule has 2 aromatic rings. The number of nitrogens with one attached hydrogen (secondary N) is 1. The van der Waals surface area contributed by atoms with E-state index in [1.165, 1.54) is 17.8 Å². The topological polar surface area (TPSA) is 88.4 Å². The minimum Gasteiger partial charge on any atom is -0.366 e. The van der Waals surface area contributed by atoms with Crippen LogP contribution in [-0.4, -0.2) is 35.2 Å². The molecule has 8 heteroatoms. The van der Waals surface area contributed by atoms with Crippen LogP contribution in [0.4, 0.5) is 17.1 Å². The molecular formula is C19H22N4O3S. The fourth-order valence-corrected chi connectivity index (χ4v) is 3.47. The number of pyridine rings is 1. The average molecular weight is 386 g/mol. The summed E-state index contributed by atoms with van der Waals surface area (Å²) in [5, 5.41) is 15.2. The molecule has 3 rings (SSSR count). The van der Waals surface area contributed by atoms with Gasteiger partial charge >= 0.3 is 0 Å². The van der Waals surface area contributed by atoms with Crippen molar-refractivity contribution >= 4 is 34.7 Å². The van der Waals surface area contributed by atoms with Crippen LogP contribution in [0.25, 0.3) is 0 Å². The van der Waals surface area contributed by atoms with Crippen molar-refractivity contribution in [3.63, 3.8) is 0 Å². The molecule has 0 bridgehead atoms. The zero-order valence-electron chi connectivity index (χ0n) is 15.3. The van der Waals surface area contributed by atoms with Crippen LogP contribution in [0, 0.1) is 16.0 Å². The lowest BCUT2D eigenvalue weighted by Gasteiger charge is -2.31. The molecule has 0 atom stereocenters. The van der Waals surface area contributed by atoms with Crippen molar-refractivity contribution in [2.45, 2.75) is 24.8 Å². The second-order valence-corrected chi connectivity index (χ2v) is 7.50. The van der Waals surface area contributed by atoms with Gasteiger partial charge in [-0.25, -0.2) is 4.98 Å². The van der Waals surface area contributed by atoms with E-state index in [0.717, 1.165) is 31.0 Å². The Labute approximate surface area is 162 Å². The van der Waals surface area contributed by atoms with E-state index in [4.69, 9.17) is 0 Å². The molecule has 1 aromatic carbocycles. The van der Waals surface area contributed by atoms with Gasteiger partial charge in [0, 0.05) is 24.7 Å². The van der Waals surface area contributed by atoms with Gasteiger partial charge < -0.3 is 10.2 Å². The van der Waals surface area contributed by atoms with Crippen molar-refractivity contribution < 1.29 is 9.72 Å². The number of nitrogens with zero attached hydrogens (tertiary/aromatic N) is 3. The first kappa shape index (κ1) is 19.2. The Hall–Kier alpha value is -2.61. The first-order chi connectivity index (χ1) is 13.0. The summed E-state index contributed by atoms with van der Waals surface area (Å²) in [4.78, 5) is 29.9. The standard InChI is InChI=1S/C19H22N4O3S/c1-13-7-9-22(10-8-13)16-5-3-14(11-17(16)23(25)26)19(24)21-15-4-6-18(27-2)20-12-15/h3-6,11-13H,7-10H2,1-2H3,(H,21,24). The monoisotopic (exact) mass is 386 g/mol. The molecule has 7 nitrogen and oxygen atoms in total. The highest BCUT2D eigenvalue weighted by Gasteiger charge is 2.24. The lowest BCUT2D eigenvalue weighted by molar-refractivity contribution is -0.384. The van der Waals surface area contributed by atoms with Crippen LogP contribution in [0.15, 0.2) is 41.6 Å². The summed E-state index contributed by atoms with van der Waals surface area (Å²) in [6.07, 6.45) is 5.52. The number of thioether (sulfide) groups is 1. The maximum Gasteiger partial charge on any atom is 0.293 e. The van der Waals surface area contributed by atoms with Crippen molar-refractivity contribution in [1.82, 2.24) is 4.98 Å². The van der Waals surface area contributed by atoms with E-state index in [0.29, 0.717) is 17.3 Å². The Morgan fingerprint density at radius 3 is 2.63 bits per heavy atom. The minimum absolute atomic E-state index is 0.0342. The molecule has 2 heterocycles. The van der Waals surface area contributed by atoms with Crippen LogP contribution in [0.2, 0.25) is 0 Å². The number of hydrogen-bond acceptors (Lipinski definition) is 6. The second-order valence-electron chi connectivity index (χ2n) is 6.67. The van der Waals surface area contributed by atoms with Gasteiger partial charge in [0.15, 0.2) is 0 Å². The number of amides is 1. The van der Waals surface area contributed by atoms with Crippen LogP contribution in [-0.2, 0) is 0 Å². The zero-order valence-corrected chi connectivity index (χ0v) is 16.2. The third-order valence-electron chi connectivity index (χ3n) is 4.76. The van der Waals surface area contributed by atoms with Gasteiger partial charge in [-0.3, -0.25) is 14.9 Å². The second kappa shape index (κ2) is 8.39. The minimum atomic E-state index is -0.418. The number of aromatic nitrogens is 1. The number of nitro groups is 1. The van der Waals surface area contributed by atoms with Crippen LogP contribution in [0.3, 0.4) is 0 Å². The number of carbonyl (C=O) groups is 1. The van der Waals surface area contributed by atoms with Gasteiger partial charge in [-0.15, -0.1) is 11.8 Å². The van der Waals surface area contributed by atoms with E-state index < -0.39 is 10.8 Å². The van der Waals surface area contributed by atoms with Crippen LogP contribution in [0.1, 0.15) is 30.1 Å². The molecule has 1 aliphatic heterocycles. The predicted molar refractivity (Wildman–Crippen MR) is 108 cm³/mol. The summed E-state index contributed by atoms with van der Waals surface area (Å²) in [6, 6.07) is 8.24. The molecule has 0 spiro atoms. The van der Waals surface area contributed by atoms with Crippen LogP contribution >= 0.6 is 11.8 Å². The van der Waals surface area contributed by atoms with E-state index in [-0.39, 0.29) is 11.3 Å². The number of nitro benzene ring substituents is 1. The van der Waals surface area contributed by atoms with E-state index in [9.17, 15) is 14.9 Å². The Morgan fingerprint density at radius 2 is 2.04 bits per heavy atom. The fourth-order valence-electron chi connectivity index (χ4n) is 3.11. The van der Waals surface area contributed by atoms with Gasteiger partial charge in [0.2, 0.25) is 0 Å². The summed E-state index contributed by atoms with van der Waals surface area (Å²) >= 11 is 1.51. The maximum absolute atomic E-state index is 12.5. The molecule has 27 heavy (non-hydrogen) atoms. The highest BCUT2D eigenvalue weighted by molar-refractivity contribution is 7.98. The summed E-state index contributed by atoms with van der Waals surface area (Å²) in [7, 11) is 0. The first-order valence-electron chi connectivity index (χ1n) is 8.82. The Balaban J connectivity index is 1.80. The number of piperidine rings is 1. The van der Waals surface area contributed by atoms with Gasteiger partial charge in [0.05, 0.1) is 21.8 Å². The van der Waals surface area contributed by atoms with Crippen molar-refractivity contribution in [1.29, 1.82) is 0 Å². The molecule has 0 unspecified atom stereocenters. The van der Waals surface area contributed by atoms with Gasteiger partial charge in [-0.2, -0.15) is 0 Å². The van der Waals surface area contributed by atoms with Crippen molar-refractivity contribution in [3.05, 3.63) is 52.2 Å². The molecule has 0 saturated carbocycles. The Kier molecular flexibility index (Phi) is 5.95. The fraction of sp³-hybridized carbons (Fsp3) is 0.368. The van der Waals surface area contributed by atoms with Gasteiger partial charge in [0.25, 0.3) is 11.6 Å². The number of anilines is 2. The normalized spacial score (nSPS) is 14.8. The lowest BCUT2D eigenvalue weighted by Crippen LogP contribution is -2.33. The maximum atomic E-state index is 12.5. The van der Waals surface area contributed by atoms with E-state index in [2.05, 4.69) is 17.2 Å². The predicted octanol–water partition coefficient (Wildman–Crippen LogP) is 4.20. The largest absolute Gasteiger partial charge is 0.366 e. The molecule has 142 valence electrons. The van der Waals surface area contributed by atoms with Crippen LogP contribution in [0.5, 0.6) is 0 Å². The first-order valence-corrected chi connectivity index (χ1v) is 10.0. The average Bonchev–Trinajstić information content (AvgIpc) is 2.68. The van der Waals surface area contributed by atoms with Crippen LogP contribution < -0.4 is 10.2 Å². The molecule has 1 amide bonds. The Bertz CT molecular complexity index is 833. The molecule has 1 aromatic heterocycles. The van der Waals surface area contributed by atoms with Crippen molar-refractivity contribution in [2.75, 3.05) is 29.6 Å². The molecule has 1 saturated heterocycles. The number of benzene rings is 1. The summed E-state index contributed by atoms with van der Waals surface area (Å²) in [6.45, 7) is 3.78. The molecule has 0 radical (unpaired) electrons. The molecule has 1 aliphatic rings. The smallest absolute Gasteiger partial charge is 0.293 e. The molecule has 1 N–H and O–H groups in total. The highest BCUT2D eigenvalue weighted by atomic mass is 32.2. The molecule has 0 aliphatic carbocycles. The van der Waals surface area contributed by atoms with Crippen molar-refractivity contribution in [2.24, 2.45) is 5.92 Å². The summed E-state index contributed by atoms with van der Waals surface area (Å²) < 4.78 is 0. The number of carbonyl (C=O) groups excluding carboxylic acids is 1. The van der Waals surface area contributed by atoms with E-state index in [1.54, 1.807) is 24.4 Å². The number of rotatable bonds is 5. The lowest BCUT2D eigenvalue weighted by atomic mass is 9.98. The summed E-state index contributed by atoms with van der Waals surface area (Å²) in [5.74, 6) is 0.243. The van der Waals surface area contributed by atoms with Gasteiger partial charge in [-0.05, 0) is 49.3 Å². The molecule has 1 fully saturated rings.